The van der Waals surface area contributed by atoms with E-state index < -0.39 is 5.82 Å². The molecule has 0 unspecified atom stereocenters. The quantitative estimate of drug-likeness (QED) is 0.487. The zero-order valence-corrected chi connectivity index (χ0v) is 16.1. The molecule has 9 heteroatoms. The number of rotatable bonds is 4. The molecule has 5 rings (SSSR count). The molecule has 1 N–H and O–H groups in total. The lowest BCUT2D eigenvalue weighted by Gasteiger charge is -2.03. The van der Waals surface area contributed by atoms with Crippen LogP contribution in [0.25, 0.3) is 33.4 Å². The fourth-order valence-corrected chi connectivity index (χ4v) is 3.48. The predicted octanol–water partition coefficient (Wildman–Crippen LogP) is 4.06. The van der Waals surface area contributed by atoms with E-state index in [4.69, 9.17) is 11.6 Å². The minimum atomic E-state index is -0.441. The summed E-state index contributed by atoms with van der Waals surface area (Å²) < 4.78 is 17.5. The normalized spacial score (nSPS) is 11.4. The Morgan fingerprint density at radius 1 is 1.17 bits per heavy atom. The second-order valence-electron chi connectivity index (χ2n) is 6.74. The number of aromatic nitrogens is 7. The van der Waals surface area contributed by atoms with Crippen molar-refractivity contribution in [1.29, 1.82) is 0 Å². The van der Waals surface area contributed by atoms with Crippen LogP contribution in [0.4, 0.5) is 4.39 Å². The van der Waals surface area contributed by atoms with E-state index in [2.05, 4.69) is 25.4 Å². The molecule has 4 heterocycles. The van der Waals surface area contributed by atoms with E-state index in [-0.39, 0.29) is 11.6 Å². The third-order valence-electron chi connectivity index (χ3n) is 4.75. The zero-order valence-electron chi connectivity index (χ0n) is 15.3. The predicted molar refractivity (Wildman–Crippen MR) is 108 cm³/mol. The first-order valence-corrected chi connectivity index (χ1v) is 9.26. The van der Waals surface area contributed by atoms with E-state index in [9.17, 15) is 4.39 Å². The lowest BCUT2D eigenvalue weighted by Crippen LogP contribution is -2.02. The SMILES string of the molecule is Cn1cc(-c2cnc3[nH]cc(-c4cn(Cc5cccc(Cl)c5F)nn4)c3c2)cn1. The van der Waals surface area contributed by atoms with Crippen LogP contribution in [-0.2, 0) is 13.6 Å². The first kappa shape index (κ1) is 17.6. The number of pyridine rings is 1. The molecule has 5 aromatic rings. The van der Waals surface area contributed by atoms with Gasteiger partial charge in [-0.3, -0.25) is 4.68 Å². The van der Waals surface area contributed by atoms with Gasteiger partial charge >= 0.3 is 0 Å². The van der Waals surface area contributed by atoms with Gasteiger partial charge in [-0.2, -0.15) is 5.10 Å². The Hall–Kier alpha value is -3.52. The van der Waals surface area contributed by atoms with Crippen LogP contribution in [-0.4, -0.2) is 34.7 Å². The molecule has 144 valence electrons. The molecule has 0 aliphatic heterocycles. The minimum absolute atomic E-state index is 0.0912. The van der Waals surface area contributed by atoms with E-state index in [1.165, 1.54) is 6.07 Å². The van der Waals surface area contributed by atoms with Crippen molar-refractivity contribution in [2.24, 2.45) is 7.05 Å². The number of benzene rings is 1. The molecule has 0 spiro atoms. The standard InChI is InChI=1S/C20H15ClFN7/c1-28-9-14(7-25-28)13-5-15-16(8-24-20(15)23-6-13)18-11-29(27-26-18)10-12-3-2-4-17(21)19(12)22/h2-9,11H,10H2,1H3,(H,23,24). The molecule has 0 bridgehead atoms. The van der Waals surface area contributed by atoms with Gasteiger partial charge in [-0.25, -0.2) is 14.1 Å². The Labute approximate surface area is 169 Å². The number of H-pyrrole nitrogens is 1. The molecule has 0 radical (unpaired) electrons. The first-order valence-electron chi connectivity index (χ1n) is 8.88. The van der Waals surface area contributed by atoms with Gasteiger partial charge < -0.3 is 4.98 Å². The monoisotopic (exact) mass is 407 g/mol. The summed E-state index contributed by atoms with van der Waals surface area (Å²) in [7, 11) is 1.87. The molecule has 7 nitrogen and oxygen atoms in total. The lowest BCUT2D eigenvalue weighted by atomic mass is 10.1. The van der Waals surface area contributed by atoms with Crippen LogP contribution in [0, 0.1) is 5.82 Å². The lowest BCUT2D eigenvalue weighted by molar-refractivity contribution is 0.577. The maximum absolute atomic E-state index is 14.2. The van der Waals surface area contributed by atoms with Crippen molar-refractivity contribution in [3.63, 3.8) is 0 Å². The van der Waals surface area contributed by atoms with Gasteiger partial charge in [-0.1, -0.05) is 28.9 Å². The molecule has 0 saturated carbocycles. The smallest absolute Gasteiger partial charge is 0.146 e. The summed E-state index contributed by atoms with van der Waals surface area (Å²) in [5, 5.41) is 13.6. The Morgan fingerprint density at radius 2 is 2.07 bits per heavy atom. The number of aromatic amines is 1. The number of halogens is 2. The number of aryl methyl sites for hydroxylation is 1. The van der Waals surface area contributed by atoms with Gasteiger partial charge in [-0.15, -0.1) is 5.10 Å². The van der Waals surface area contributed by atoms with Gasteiger partial charge in [0.2, 0.25) is 0 Å². The minimum Gasteiger partial charge on any atom is -0.345 e. The second kappa shape index (κ2) is 6.82. The molecule has 0 atom stereocenters. The fourth-order valence-electron chi connectivity index (χ4n) is 3.29. The van der Waals surface area contributed by atoms with Crippen LogP contribution < -0.4 is 0 Å². The maximum atomic E-state index is 14.2. The highest BCUT2D eigenvalue weighted by Gasteiger charge is 2.14. The van der Waals surface area contributed by atoms with Gasteiger partial charge in [0.25, 0.3) is 0 Å². The van der Waals surface area contributed by atoms with E-state index in [1.807, 2.05) is 25.5 Å². The molecule has 0 saturated heterocycles. The molecule has 29 heavy (non-hydrogen) atoms. The Balaban J connectivity index is 1.50. The van der Waals surface area contributed by atoms with Crippen LogP contribution in [0.5, 0.6) is 0 Å². The summed E-state index contributed by atoms with van der Waals surface area (Å²) >= 11 is 5.86. The average Bonchev–Trinajstić information content (AvgIpc) is 3.44. The summed E-state index contributed by atoms with van der Waals surface area (Å²) in [6.07, 6.45) is 9.16. The van der Waals surface area contributed by atoms with Gasteiger partial charge in [-0.05, 0) is 12.1 Å². The van der Waals surface area contributed by atoms with E-state index >= 15 is 0 Å². The molecule has 0 fully saturated rings. The number of hydrogen-bond donors (Lipinski definition) is 1. The van der Waals surface area contributed by atoms with E-state index in [0.29, 0.717) is 11.3 Å². The number of fused-ring (bicyclic) bond motifs is 1. The van der Waals surface area contributed by atoms with Gasteiger partial charge in [0.1, 0.15) is 17.2 Å². The Morgan fingerprint density at radius 3 is 2.90 bits per heavy atom. The summed E-state index contributed by atoms with van der Waals surface area (Å²) in [6, 6.07) is 6.95. The summed E-state index contributed by atoms with van der Waals surface area (Å²) in [4.78, 5) is 7.66. The Kier molecular flexibility index (Phi) is 4.13. The molecule has 0 aliphatic carbocycles. The summed E-state index contributed by atoms with van der Waals surface area (Å²) in [6.45, 7) is 0.237. The summed E-state index contributed by atoms with van der Waals surface area (Å²) in [5.41, 5.74) is 4.69. The number of nitrogens with zero attached hydrogens (tertiary/aromatic N) is 6. The van der Waals surface area contributed by atoms with Crippen molar-refractivity contribution in [3.05, 3.63) is 71.7 Å². The Bertz CT molecular complexity index is 1330. The first-order chi connectivity index (χ1) is 14.1. The number of hydrogen-bond acceptors (Lipinski definition) is 4. The molecule has 0 aliphatic rings. The topological polar surface area (TPSA) is 77.2 Å². The van der Waals surface area contributed by atoms with Crippen LogP contribution in [0.1, 0.15) is 5.56 Å². The number of nitrogens with one attached hydrogen (secondary N) is 1. The second-order valence-corrected chi connectivity index (χ2v) is 7.15. The summed E-state index contributed by atoms with van der Waals surface area (Å²) in [5.74, 6) is -0.441. The zero-order chi connectivity index (χ0) is 20.0. The van der Waals surface area contributed by atoms with Gasteiger partial charge in [0, 0.05) is 53.3 Å². The third-order valence-corrected chi connectivity index (χ3v) is 5.04. The fraction of sp³-hybridized carbons (Fsp3) is 0.100. The maximum Gasteiger partial charge on any atom is 0.146 e. The molecule has 0 amide bonds. The van der Waals surface area contributed by atoms with Crippen LogP contribution in [0.3, 0.4) is 0 Å². The van der Waals surface area contributed by atoms with E-state index in [0.717, 1.165) is 27.7 Å². The molecule has 1 aromatic carbocycles. The van der Waals surface area contributed by atoms with Crippen molar-refractivity contribution < 1.29 is 4.39 Å². The van der Waals surface area contributed by atoms with Crippen molar-refractivity contribution in [2.45, 2.75) is 6.54 Å². The third kappa shape index (κ3) is 3.17. The van der Waals surface area contributed by atoms with E-state index in [1.54, 1.807) is 40.1 Å². The highest BCUT2D eigenvalue weighted by molar-refractivity contribution is 6.30. The molecular formula is C20H15ClFN7. The highest BCUT2D eigenvalue weighted by Crippen LogP contribution is 2.30. The highest BCUT2D eigenvalue weighted by atomic mass is 35.5. The van der Waals surface area contributed by atoms with Crippen molar-refractivity contribution in [1.82, 2.24) is 34.7 Å². The van der Waals surface area contributed by atoms with Crippen molar-refractivity contribution in [2.75, 3.05) is 0 Å². The molecule has 4 aromatic heterocycles. The van der Waals surface area contributed by atoms with Crippen LogP contribution in [0.2, 0.25) is 5.02 Å². The molecular weight excluding hydrogens is 393 g/mol. The van der Waals surface area contributed by atoms with Gasteiger partial charge in [0.15, 0.2) is 0 Å². The van der Waals surface area contributed by atoms with Crippen LogP contribution in [0.15, 0.2) is 55.2 Å². The van der Waals surface area contributed by atoms with Gasteiger partial charge in [0.05, 0.1) is 24.0 Å². The van der Waals surface area contributed by atoms with Crippen LogP contribution >= 0.6 is 11.6 Å². The van der Waals surface area contributed by atoms with Crippen molar-refractivity contribution in [3.8, 4) is 22.4 Å². The average molecular weight is 408 g/mol. The van der Waals surface area contributed by atoms with Crippen molar-refractivity contribution >= 4 is 22.6 Å². The largest absolute Gasteiger partial charge is 0.345 e.